The number of rotatable bonds is 5. The summed E-state index contributed by atoms with van der Waals surface area (Å²) in [7, 11) is 0. The molecule has 1 aromatic carbocycles. The first-order valence-corrected chi connectivity index (χ1v) is 7.27. The first-order chi connectivity index (χ1) is 8.78. The van der Waals surface area contributed by atoms with E-state index in [-0.39, 0.29) is 5.54 Å². The van der Waals surface area contributed by atoms with Gasteiger partial charge in [0.2, 0.25) is 0 Å². The summed E-state index contributed by atoms with van der Waals surface area (Å²) in [5.74, 6) is 0.852. The van der Waals surface area contributed by atoms with Crippen molar-refractivity contribution in [3.8, 4) is 0 Å². The Bertz CT molecular complexity index is 349. The fourth-order valence-corrected chi connectivity index (χ4v) is 3.14. The molecular formula is C16H26N2. The minimum atomic E-state index is 0.175. The van der Waals surface area contributed by atoms with Crippen molar-refractivity contribution >= 4 is 0 Å². The average molecular weight is 246 g/mol. The van der Waals surface area contributed by atoms with Crippen LogP contribution in [-0.2, 0) is 6.54 Å². The third-order valence-corrected chi connectivity index (χ3v) is 4.43. The van der Waals surface area contributed by atoms with Crippen molar-refractivity contribution < 1.29 is 0 Å². The third kappa shape index (κ3) is 3.33. The summed E-state index contributed by atoms with van der Waals surface area (Å²) in [6.45, 7) is 4.00. The van der Waals surface area contributed by atoms with Crippen LogP contribution in [0.15, 0.2) is 30.3 Å². The maximum Gasteiger partial charge on any atom is 0.0309 e. The Morgan fingerprint density at radius 2 is 2.11 bits per heavy atom. The molecular weight excluding hydrogens is 220 g/mol. The molecule has 0 aliphatic heterocycles. The minimum Gasteiger partial charge on any atom is -0.329 e. The highest BCUT2D eigenvalue weighted by Crippen LogP contribution is 2.33. The summed E-state index contributed by atoms with van der Waals surface area (Å²) in [6, 6.07) is 10.6. The Morgan fingerprint density at radius 1 is 1.33 bits per heavy atom. The van der Waals surface area contributed by atoms with Crippen molar-refractivity contribution in [2.24, 2.45) is 11.7 Å². The van der Waals surface area contributed by atoms with Crippen LogP contribution in [0.3, 0.4) is 0 Å². The lowest BCUT2D eigenvalue weighted by molar-refractivity contribution is 0.179. The molecule has 0 bridgehead atoms. The van der Waals surface area contributed by atoms with E-state index >= 15 is 0 Å². The van der Waals surface area contributed by atoms with Gasteiger partial charge in [0, 0.05) is 18.6 Å². The van der Waals surface area contributed by atoms with Crippen molar-refractivity contribution in [2.45, 2.75) is 51.1 Å². The van der Waals surface area contributed by atoms with Gasteiger partial charge in [0.05, 0.1) is 0 Å². The summed E-state index contributed by atoms with van der Waals surface area (Å²) in [5.41, 5.74) is 7.58. The highest BCUT2D eigenvalue weighted by molar-refractivity contribution is 5.15. The van der Waals surface area contributed by atoms with Crippen molar-refractivity contribution in [3.63, 3.8) is 0 Å². The minimum absolute atomic E-state index is 0.175. The van der Waals surface area contributed by atoms with Crippen molar-refractivity contribution in [1.29, 1.82) is 0 Å². The zero-order valence-electron chi connectivity index (χ0n) is 11.5. The van der Waals surface area contributed by atoms with Gasteiger partial charge in [-0.3, -0.25) is 0 Å². The van der Waals surface area contributed by atoms with E-state index in [2.05, 4.69) is 42.6 Å². The molecule has 0 amide bonds. The molecule has 2 nitrogen and oxygen atoms in total. The molecule has 18 heavy (non-hydrogen) atoms. The number of hydrogen-bond acceptors (Lipinski definition) is 2. The Labute approximate surface area is 111 Å². The Hall–Kier alpha value is -0.860. The first kappa shape index (κ1) is 13.6. The van der Waals surface area contributed by atoms with Gasteiger partial charge in [0.25, 0.3) is 0 Å². The molecule has 1 saturated carbocycles. The topological polar surface area (TPSA) is 38.0 Å². The lowest BCUT2D eigenvalue weighted by Gasteiger charge is -2.41. The van der Waals surface area contributed by atoms with Crippen LogP contribution >= 0.6 is 0 Å². The van der Waals surface area contributed by atoms with E-state index < -0.39 is 0 Å². The van der Waals surface area contributed by atoms with Crippen LogP contribution in [0.25, 0.3) is 0 Å². The maximum absolute atomic E-state index is 6.06. The standard InChI is InChI=1S/C16H26N2/c1-2-14-9-6-10-16(11-14,13-17)18-12-15-7-4-3-5-8-15/h3-5,7-8,14,18H,2,6,9-13,17H2,1H3. The van der Waals surface area contributed by atoms with Crippen LogP contribution in [0, 0.1) is 5.92 Å². The van der Waals surface area contributed by atoms with Crippen LogP contribution in [0.2, 0.25) is 0 Å². The van der Waals surface area contributed by atoms with Crippen LogP contribution in [0.5, 0.6) is 0 Å². The van der Waals surface area contributed by atoms with E-state index in [1.54, 1.807) is 0 Å². The SMILES string of the molecule is CCC1CCCC(CN)(NCc2ccccc2)C1. The molecule has 2 heteroatoms. The second-order valence-electron chi connectivity index (χ2n) is 5.69. The van der Waals surface area contributed by atoms with Gasteiger partial charge in [-0.15, -0.1) is 0 Å². The predicted molar refractivity (Wildman–Crippen MR) is 77.3 cm³/mol. The summed E-state index contributed by atoms with van der Waals surface area (Å²) >= 11 is 0. The lowest BCUT2D eigenvalue weighted by Crippen LogP contribution is -2.53. The number of nitrogens with one attached hydrogen (secondary N) is 1. The van der Waals surface area contributed by atoms with Gasteiger partial charge < -0.3 is 11.1 Å². The average Bonchev–Trinajstić information content (AvgIpc) is 2.46. The molecule has 0 radical (unpaired) electrons. The summed E-state index contributed by atoms with van der Waals surface area (Å²) in [6.07, 6.45) is 6.46. The van der Waals surface area contributed by atoms with Crippen LogP contribution < -0.4 is 11.1 Å². The highest BCUT2D eigenvalue weighted by Gasteiger charge is 2.33. The van der Waals surface area contributed by atoms with Crippen LogP contribution in [-0.4, -0.2) is 12.1 Å². The lowest BCUT2D eigenvalue weighted by atomic mass is 9.74. The summed E-state index contributed by atoms with van der Waals surface area (Å²) in [4.78, 5) is 0. The monoisotopic (exact) mass is 246 g/mol. The Kier molecular flexibility index (Phi) is 4.79. The molecule has 0 saturated heterocycles. The molecule has 0 spiro atoms. The van der Waals surface area contributed by atoms with Crippen molar-refractivity contribution in [1.82, 2.24) is 5.32 Å². The maximum atomic E-state index is 6.06. The molecule has 3 N–H and O–H groups in total. The molecule has 1 aliphatic rings. The van der Waals surface area contributed by atoms with E-state index in [0.29, 0.717) is 0 Å². The molecule has 2 atom stereocenters. The number of hydrogen-bond donors (Lipinski definition) is 2. The van der Waals surface area contributed by atoms with E-state index in [9.17, 15) is 0 Å². The van der Waals surface area contributed by atoms with Crippen molar-refractivity contribution in [3.05, 3.63) is 35.9 Å². The third-order valence-electron chi connectivity index (χ3n) is 4.43. The fraction of sp³-hybridized carbons (Fsp3) is 0.625. The van der Waals surface area contributed by atoms with Crippen LogP contribution in [0.1, 0.15) is 44.6 Å². The zero-order valence-corrected chi connectivity index (χ0v) is 11.5. The number of nitrogens with two attached hydrogens (primary N) is 1. The van der Waals surface area contributed by atoms with E-state index in [4.69, 9.17) is 5.73 Å². The van der Waals surface area contributed by atoms with Gasteiger partial charge in [-0.2, -0.15) is 0 Å². The molecule has 1 aliphatic carbocycles. The van der Waals surface area contributed by atoms with E-state index in [1.807, 2.05) is 0 Å². The molecule has 100 valence electrons. The van der Waals surface area contributed by atoms with E-state index in [1.165, 1.54) is 37.7 Å². The largest absolute Gasteiger partial charge is 0.329 e. The summed E-state index contributed by atoms with van der Waals surface area (Å²) < 4.78 is 0. The molecule has 0 heterocycles. The molecule has 0 aromatic heterocycles. The second-order valence-corrected chi connectivity index (χ2v) is 5.69. The van der Waals surface area contributed by atoms with Crippen LogP contribution in [0.4, 0.5) is 0 Å². The van der Waals surface area contributed by atoms with Gasteiger partial charge in [-0.05, 0) is 24.3 Å². The normalized spacial score (nSPS) is 28.2. The number of benzene rings is 1. The molecule has 2 rings (SSSR count). The van der Waals surface area contributed by atoms with Gasteiger partial charge >= 0.3 is 0 Å². The molecule has 1 fully saturated rings. The second kappa shape index (κ2) is 6.35. The smallest absolute Gasteiger partial charge is 0.0309 e. The Balaban J connectivity index is 1.95. The molecule has 1 aromatic rings. The molecule has 2 unspecified atom stereocenters. The van der Waals surface area contributed by atoms with Gasteiger partial charge in [-0.25, -0.2) is 0 Å². The Morgan fingerprint density at radius 3 is 2.78 bits per heavy atom. The summed E-state index contributed by atoms with van der Waals surface area (Å²) in [5, 5.41) is 3.74. The highest BCUT2D eigenvalue weighted by atomic mass is 15.0. The quantitative estimate of drug-likeness (QED) is 0.838. The first-order valence-electron chi connectivity index (χ1n) is 7.27. The van der Waals surface area contributed by atoms with E-state index in [0.717, 1.165) is 19.0 Å². The van der Waals surface area contributed by atoms with Gasteiger partial charge in [-0.1, -0.05) is 56.5 Å². The zero-order chi connectivity index (χ0) is 12.8. The van der Waals surface area contributed by atoms with Gasteiger partial charge in [0.1, 0.15) is 0 Å². The predicted octanol–water partition coefficient (Wildman–Crippen LogP) is 3.07. The van der Waals surface area contributed by atoms with Crippen molar-refractivity contribution in [2.75, 3.05) is 6.54 Å². The van der Waals surface area contributed by atoms with Gasteiger partial charge in [0.15, 0.2) is 0 Å². The fourth-order valence-electron chi connectivity index (χ4n) is 3.14.